The molecule has 0 saturated heterocycles. The first-order valence-corrected chi connectivity index (χ1v) is 6.62. The van der Waals surface area contributed by atoms with E-state index in [1.807, 2.05) is 25.3 Å². The van der Waals surface area contributed by atoms with Crippen molar-refractivity contribution in [3.05, 3.63) is 52.2 Å². The molecular formula is C15H19N3O. The Kier molecular flexibility index (Phi) is 2.64. The Morgan fingerprint density at radius 2 is 2.11 bits per heavy atom. The number of nitrogens with two attached hydrogens (primary N) is 1. The van der Waals surface area contributed by atoms with Crippen LogP contribution in [0.5, 0.6) is 0 Å². The molecule has 100 valence electrons. The number of rotatable bonds is 3. The van der Waals surface area contributed by atoms with Gasteiger partial charge < -0.3 is 10.3 Å². The largest absolute Gasteiger partial charge is 0.332 e. The lowest BCUT2D eigenvalue weighted by molar-refractivity contribution is 0.671. The highest BCUT2D eigenvalue weighted by Gasteiger charge is 2.37. The van der Waals surface area contributed by atoms with Gasteiger partial charge in [-0.2, -0.15) is 0 Å². The fourth-order valence-electron chi connectivity index (χ4n) is 2.57. The zero-order valence-corrected chi connectivity index (χ0v) is 11.4. The minimum Gasteiger partial charge on any atom is -0.325 e. The van der Waals surface area contributed by atoms with E-state index in [1.54, 1.807) is 16.2 Å². The zero-order chi connectivity index (χ0) is 13.6. The van der Waals surface area contributed by atoms with Gasteiger partial charge in [-0.3, -0.25) is 4.57 Å². The minimum absolute atomic E-state index is 0.00465. The lowest BCUT2D eigenvalue weighted by atomic mass is 10.0. The Morgan fingerprint density at radius 3 is 2.68 bits per heavy atom. The van der Waals surface area contributed by atoms with E-state index in [2.05, 4.69) is 12.1 Å². The third kappa shape index (κ3) is 2.24. The van der Waals surface area contributed by atoms with Gasteiger partial charge in [-0.05, 0) is 43.9 Å². The minimum atomic E-state index is -0.0106. The van der Waals surface area contributed by atoms with Crippen molar-refractivity contribution in [2.75, 3.05) is 0 Å². The van der Waals surface area contributed by atoms with Gasteiger partial charge in [-0.25, -0.2) is 4.79 Å². The Morgan fingerprint density at radius 1 is 1.37 bits per heavy atom. The lowest BCUT2D eigenvalue weighted by Crippen LogP contribution is -2.25. The standard InChI is InChI=1S/C15H19N3O/c1-11-10-17(2)14(19)18(11)13-5-3-4-12(8-13)9-15(16)6-7-15/h3-5,8,10H,6-7,9,16H2,1-2H3. The van der Waals surface area contributed by atoms with E-state index >= 15 is 0 Å². The van der Waals surface area contributed by atoms with Gasteiger partial charge >= 0.3 is 5.69 Å². The van der Waals surface area contributed by atoms with E-state index in [1.165, 1.54) is 5.56 Å². The summed E-state index contributed by atoms with van der Waals surface area (Å²) in [5.74, 6) is 0. The van der Waals surface area contributed by atoms with Gasteiger partial charge in [0.15, 0.2) is 0 Å². The van der Waals surface area contributed by atoms with Crippen LogP contribution in [0.1, 0.15) is 24.1 Å². The van der Waals surface area contributed by atoms with Crippen LogP contribution in [0, 0.1) is 6.92 Å². The van der Waals surface area contributed by atoms with E-state index in [-0.39, 0.29) is 11.2 Å². The number of nitrogens with zero attached hydrogens (tertiary/aromatic N) is 2. The van der Waals surface area contributed by atoms with E-state index in [0.717, 1.165) is 30.6 Å². The van der Waals surface area contributed by atoms with Crippen LogP contribution in [0.3, 0.4) is 0 Å². The molecule has 4 heteroatoms. The number of benzene rings is 1. The molecule has 1 fully saturated rings. The van der Waals surface area contributed by atoms with Gasteiger partial charge in [-0.15, -0.1) is 0 Å². The Hall–Kier alpha value is -1.81. The number of aryl methyl sites for hydroxylation is 2. The molecule has 0 amide bonds. The third-order valence-corrected chi connectivity index (χ3v) is 3.84. The molecule has 2 aromatic rings. The monoisotopic (exact) mass is 257 g/mol. The maximum atomic E-state index is 12.1. The van der Waals surface area contributed by atoms with Gasteiger partial charge in [-0.1, -0.05) is 12.1 Å². The maximum absolute atomic E-state index is 12.1. The highest BCUT2D eigenvalue weighted by molar-refractivity contribution is 5.38. The molecule has 0 bridgehead atoms. The fourth-order valence-corrected chi connectivity index (χ4v) is 2.57. The SMILES string of the molecule is Cc1cn(C)c(=O)n1-c1cccc(CC2(N)CC2)c1. The van der Waals surface area contributed by atoms with Gasteiger partial charge in [0.25, 0.3) is 0 Å². The number of hydrogen-bond donors (Lipinski definition) is 1. The second-order valence-corrected chi connectivity index (χ2v) is 5.71. The molecule has 1 aliphatic carbocycles. The molecule has 1 saturated carbocycles. The van der Waals surface area contributed by atoms with Crippen LogP contribution < -0.4 is 11.4 Å². The molecule has 1 aromatic carbocycles. The summed E-state index contributed by atoms with van der Waals surface area (Å²) in [6, 6.07) is 8.12. The molecule has 0 spiro atoms. The second kappa shape index (κ2) is 4.10. The van der Waals surface area contributed by atoms with E-state index in [4.69, 9.17) is 5.73 Å². The summed E-state index contributed by atoms with van der Waals surface area (Å²) in [7, 11) is 1.77. The molecule has 0 aliphatic heterocycles. The maximum Gasteiger partial charge on any atom is 0.332 e. The van der Waals surface area contributed by atoms with Crippen LogP contribution in [0.2, 0.25) is 0 Å². The van der Waals surface area contributed by atoms with Gasteiger partial charge in [0.2, 0.25) is 0 Å². The quantitative estimate of drug-likeness (QED) is 0.906. The van der Waals surface area contributed by atoms with Crippen LogP contribution in [0.4, 0.5) is 0 Å². The van der Waals surface area contributed by atoms with Crippen LogP contribution in [-0.4, -0.2) is 14.7 Å². The molecule has 0 unspecified atom stereocenters. The summed E-state index contributed by atoms with van der Waals surface area (Å²) < 4.78 is 3.34. The molecule has 1 aliphatic rings. The van der Waals surface area contributed by atoms with Gasteiger partial charge in [0.1, 0.15) is 0 Å². The van der Waals surface area contributed by atoms with Crippen LogP contribution >= 0.6 is 0 Å². The van der Waals surface area contributed by atoms with E-state index < -0.39 is 0 Å². The zero-order valence-electron chi connectivity index (χ0n) is 11.4. The van der Waals surface area contributed by atoms with Crippen molar-refractivity contribution in [3.63, 3.8) is 0 Å². The topological polar surface area (TPSA) is 53.0 Å². The van der Waals surface area contributed by atoms with Gasteiger partial charge in [0.05, 0.1) is 5.69 Å². The molecule has 0 radical (unpaired) electrons. The van der Waals surface area contributed by atoms with Crippen molar-refractivity contribution >= 4 is 0 Å². The fraction of sp³-hybridized carbons (Fsp3) is 0.400. The van der Waals surface area contributed by atoms with Crippen LogP contribution in [-0.2, 0) is 13.5 Å². The van der Waals surface area contributed by atoms with E-state index in [0.29, 0.717) is 0 Å². The van der Waals surface area contributed by atoms with Crippen LogP contribution in [0.25, 0.3) is 5.69 Å². The third-order valence-electron chi connectivity index (χ3n) is 3.84. The smallest absolute Gasteiger partial charge is 0.325 e. The second-order valence-electron chi connectivity index (χ2n) is 5.71. The summed E-state index contributed by atoms with van der Waals surface area (Å²) in [6.07, 6.45) is 4.94. The predicted octanol–water partition coefficient (Wildman–Crippen LogP) is 1.52. The summed E-state index contributed by atoms with van der Waals surface area (Å²) in [5, 5.41) is 0. The Balaban J connectivity index is 2.01. The molecule has 3 rings (SSSR count). The first-order valence-electron chi connectivity index (χ1n) is 6.62. The highest BCUT2D eigenvalue weighted by atomic mass is 16.1. The number of imidazole rings is 1. The van der Waals surface area contributed by atoms with Crippen molar-refractivity contribution in [2.45, 2.75) is 31.7 Å². The average Bonchev–Trinajstić information content (AvgIpc) is 3.00. The predicted molar refractivity (Wildman–Crippen MR) is 75.6 cm³/mol. The van der Waals surface area contributed by atoms with Gasteiger partial charge in [0, 0.05) is 24.5 Å². The summed E-state index contributed by atoms with van der Waals surface area (Å²) in [4.78, 5) is 12.1. The molecule has 4 nitrogen and oxygen atoms in total. The molecular weight excluding hydrogens is 238 g/mol. The summed E-state index contributed by atoms with van der Waals surface area (Å²) in [6.45, 7) is 1.94. The molecule has 1 heterocycles. The van der Waals surface area contributed by atoms with Crippen LogP contribution in [0.15, 0.2) is 35.3 Å². The molecule has 1 aromatic heterocycles. The molecule has 2 N–H and O–H groups in total. The van der Waals surface area contributed by atoms with E-state index in [9.17, 15) is 4.79 Å². The summed E-state index contributed by atoms with van der Waals surface area (Å²) in [5.41, 5.74) is 9.21. The highest BCUT2D eigenvalue weighted by Crippen LogP contribution is 2.35. The Labute approximate surface area is 112 Å². The molecule has 19 heavy (non-hydrogen) atoms. The average molecular weight is 257 g/mol. The van der Waals surface area contributed by atoms with Crippen molar-refractivity contribution in [2.24, 2.45) is 12.8 Å². The van der Waals surface area contributed by atoms with Crippen molar-refractivity contribution in [1.29, 1.82) is 0 Å². The first-order chi connectivity index (χ1) is 8.98. The lowest BCUT2D eigenvalue weighted by Gasteiger charge is -2.11. The number of hydrogen-bond acceptors (Lipinski definition) is 2. The Bertz CT molecular complexity index is 677. The molecule has 0 atom stereocenters. The van der Waals surface area contributed by atoms with Crippen molar-refractivity contribution in [3.8, 4) is 5.69 Å². The van der Waals surface area contributed by atoms with Crippen molar-refractivity contribution in [1.82, 2.24) is 9.13 Å². The summed E-state index contributed by atoms with van der Waals surface area (Å²) >= 11 is 0. The normalized spacial score (nSPS) is 16.6. The first kappa shape index (κ1) is 12.2. The van der Waals surface area contributed by atoms with Crippen molar-refractivity contribution < 1.29 is 0 Å². The number of aromatic nitrogens is 2.